The van der Waals surface area contributed by atoms with E-state index in [2.05, 4.69) is 34.4 Å². The van der Waals surface area contributed by atoms with Gasteiger partial charge in [-0.15, -0.1) is 24.0 Å². The Morgan fingerprint density at radius 1 is 1.29 bits per heavy atom. The van der Waals surface area contributed by atoms with Crippen molar-refractivity contribution in [2.45, 2.75) is 26.8 Å². The molecule has 5 nitrogen and oxygen atoms in total. The van der Waals surface area contributed by atoms with E-state index < -0.39 is 0 Å². The van der Waals surface area contributed by atoms with Crippen molar-refractivity contribution in [1.82, 2.24) is 15.5 Å². The first-order valence-corrected chi connectivity index (χ1v) is 8.30. The van der Waals surface area contributed by atoms with Crippen molar-refractivity contribution in [2.24, 2.45) is 16.8 Å². The van der Waals surface area contributed by atoms with E-state index in [1.807, 2.05) is 31.3 Å². The smallest absolute Gasteiger partial charge is 0.251 e. The van der Waals surface area contributed by atoms with Gasteiger partial charge in [0.1, 0.15) is 0 Å². The monoisotopic (exact) mass is 444 g/mol. The molecule has 1 heterocycles. The number of piperidine rings is 1. The Balaban J connectivity index is 0.00000288. The van der Waals surface area contributed by atoms with Gasteiger partial charge in [-0.2, -0.15) is 0 Å². The fourth-order valence-corrected chi connectivity index (χ4v) is 3.32. The molecule has 6 heteroatoms. The molecule has 2 N–H and O–H groups in total. The molecule has 0 saturated carbocycles. The number of rotatable bonds is 3. The Kier molecular flexibility index (Phi) is 8.52. The summed E-state index contributed by atoms with van der Waals surface area (Å²) < 4.78 is 0. The number of carbonyl (C=O) groups excluding carboxylic acids is 1. The van der Waals surface area contributed by atoms with Crippen LogP contribution in [0.15, 0.2) is 29.3 Å². The number of benzene rings is 1. The largest absolute Gasteiger partial charge is 0.355 e. The lowest BCUT2D eigenvalue weighted by Gasteiger charge is -2.37. The molecule has 0 bridgehead atoms. The van der Waals surface area contributed by atoms with Crippen LogP contribution in [0.3, 0.4) is 0 Å². The van der Waals surface area contributed by atoms with Gasteiger partial charge in [0.05, 0.1) is 0 Å². The summed E-state index contributed by atoms with van der Waals surface area (Å²) in [5.74, 6) is 2.26. The van der Waals surface area contributed by atoms with Crippen molar-refractivity contribution in [1.29, 1.82) is 0 Å². The molecule has 1 aromatic rings. The van der Waals surface area contributed by atoms with E-state index in [0.29, 0.717) is 23.9 Å². The predicted octanol–water partition coefficient (Wildman–Crippen LogP) is 2.72. The summed E-state index contributed by atoms with van der Waals surface area (Å²) in [6.45, 7) is 7.34. The number of hydrogen-bond acceptors (Lipinski definition) is 2. The van der Waals surface area contributed by atoms with Crippen molar-refractivity contribution in [3.8, 4) is 0 Å². The quantitative estimate of drug-likeness (QED) is 0.428. The number of carbonyl (C=O) groups is 1. The fraction of sp³-hybridized carbons (Fsp3) is 0.556. The van der Waals surface area contributed by atoms with Crippen LogP contribution in [0.2, 0.25) is 0 Å². The maximum absolute atomic E-state index is 11.7. The van der Waals surface area contributed by atoms with Crippen LogP contribution in [0.25, 0.3) is 0 Å². The summed E-state index contributed by atoms with van der Waals surface area (Å²) >= 11 is 0. The number of amides is 1. The van der Waals surface area contributed by atoms with Gasteiger partial charge in [-0.25, -0.2) is 0 Å². The first-order chi connectivity index (χ1) is 11.0. The number of halogens is 1. The molecule has 134 valence electrons. The molecule has 0 spiro atoms. The van der Waals surface area contributed by atoms with E-state index in [1.54, 1.807) is 7.05 Å². The highest BCUT2D eigenvalue weighted by Crippen LogP contribution is 2.20. The maximum atomic E-state index is 11.7. The maximum Gasteiger partial charge on any atom is 0.251 e. The average Bonchev–Trinajstić information content (AvgIpc) is 2.54. The topological polar surface area (TPSA) is 56.7 Å². The summed E-state index contributed by atoms with van der Waals surface area (Å²) in [6, 6.07) is 7.68. The third kappa shape index (κ3) is 5.65. The van der Waals surface area contributed by atoms with Crippen LogP contribution in [-0.2, 0) is 6.54 Å². The Morgan fingerprint density at radius 3 is 2.54 bits per heavy atom. The molecule has 1 saturated heterocycles. The van der Waals surface area contributed by atoms with Gasteiger partial charge in [0.15, 0.2) is 5.96 Å². The fourth-order valence-electron chi connectivity index (χ4n) is 3.32. The average molecular weight is 444 g/mol. The second-order valence-electron chi connectivity index (χ2n) is 6.53. The Hall–Kier alpha value is -1.31. The molecule has 1 aromatic carbocycles. The van der Waals surface area contributed by atoms with E-state index in [1.165, 1.54) is 6.42 Å². The number of hydrogen-bond donors (Lipinski definition) is 2. The molecule has 1 aliphatic heterocycles. The van der Waals surface area contributed by atoms with E-state index in [4.69, 9.17) is 0 Å². The standard InChI is InChI=1S/C18H28N4O.HI/c1-13-8-14(2)12-22(11-13)18(20-4)21-10-15-6-5-7-16(9-15)17(23)19-3;/h5-7,9,13-14H,8,10-12H2,1-4H3,(H,19,23)(H,20,21);1H. The molecule has 1 amide bonds. The zero-order valence-electron chi connectivity index (χ0n) is 15.0. The number of nitrogens with zero attached hydrogens (tertiary/aromatic N) is 2. The lowest BCUT2D eigenvalue weighted by Crippen LogP contribution is -2.48. The number of aliphatic imine (C=N–C) groups is 1. The lowest BCUT2D eigenvalue weighted by molar-refractivity contribution is 0.0963. The van der Waals surface area contributed by atoms with Crippen molar-refractivity contribution >= 4 is 35.8 Å². The van der Waals surface area contributed by atoms with Crippen LogP contribution in [0.1, 0.15) is 36.2 Å². The number of guanidine groups is 1. The third-order valence-corrected chi connectivity index (χ3v) is 4.25. The van der Waals surface area contributed by atoms with Crippen LogP contribution in [0, 0.1) is 11.8 Å². The number of likely N-dealkylation sites (tertiary alicyclic amines) is 1. The Morgan fingerprint density at radius 2 is 1.96 bits per heavy atom. The minimum absolute atomic E-state index is 0. The Bertz CT molecular complexity index is 566. The van der Waals surface area contributed by atoms with Crippen LogP contribution >= 0.6 is 24.0 Å². The van der Waals surface area contributed by atoms with Gasteiger partial charge in [0, 0.05) is 39.3 Å². The molecule has 2 atom stereocenters. The molecule has 1 fully saturated rings. The minimum atomic E-state index is -0.0603. The lowest BCUT2D eigenvalue weighted by atomic mass is 9.92. The van der Waals surface area contributed by atoms with Gasteiger partial charge < -0.3 is 15.5 Å². The molecular formula is C18H29IN4O. The van der Waals surface area contributed by atoms with Crippen LogP contribution in [0.4, 0.5) is 0 Å². The molecular weight excluding hydrogens is 415 g/mol. The van der Waals surface area contributed by atoms with E-state index >= 15 is 0 Å². The van der Waals surface area contributed by atoms with Gasteiger partial charge in [0.2, 0.25) is 0 Å². The number of nitrogens with one attached hydrogen (secondary N) is 2. The summed E-state index contributed by atoms with van der Waals surface area (Å²) in [5, 5.41) is 6.08. The summed E-state index contributed by atoms with van der Waals surface area (Å²) in [4.78, 5) is 18.5. The van der Waals surface area contributed by atoms with E-state index in [-0.39, 0.29) is 29.9 Å². The molecule has 2 unspecified atom stereocenters. The molecule has 1 aliphatic rings. The predicted molar refractivity (Wildman–Crippen MR) is 110 cm³/mol. The second-order valence-corrected chi connectivity index (χ2v) is 6.53. The molecule has 0 aromatic heterocycles. The third-order valence-electron chi connectivity index (χ3n) is 4.25. The zero-order valence-corrected chi connectivity index (χ0v) is 17.3. The van der Waals surface area contributed by atoms with Crippen molar-refractivity contribution in [2.75, 3.05) is 27.2 Å². The Labute approximate surface area is 162 Å². The van der Waals surface area contributed by atoms with E-state index in [0.717, 1.165) is 24.6 Å². The molecule has 2 rings (SSSR count). The van der Waals surface area contributed by atoms with Crippen LogP contribution in [-0.4, -0.2) is 44.0 Å². The first-order valence-electron chi connectivity index (χ1n) is 8.30. The van der Waals surface area contributed by atoms with E-state index in [9.17, 15) is 4.79 Å². The minimum Gasteiger partial charge on any atom is -0.355 e. The van der Waals surface area contributed by atoms with Gasteiger partial charge in [-0.3, -0.25) is 9.79 Å². The molecule has 0 aliphatic carbocycles. The molecule has 0 radical (unpaired) electrons. The summed E-state index contributed by atoms with van der Waals surface area (Å²) in [6.07, 6.45) is 1.28. The van der Waals surface area contributed by atoms with Gasteiger partial charge >= 0.3 is 0 Å². The van der Waals surface area contributed by atoms with Crippen molar-refractivity contribution < 1.29 is 4.79 Å². The second kappa shape index (κ2) is 9.86. The van der Waals surface area contributed by atoms with Gasteiger partial charge in [-0.1, -0.05) is 26.0 Å². The van der Waals surface area contributed by atoms with Crippen LogP contribution < -0.4 is 10.6 Å². The zero-order chi connectivity index (χ0) is 16.8. The highest BCUT2D eigenvalue weighted by Gasteiger charge is 2.23. The molecule has 24 heavy (non-hydrogen) atoms. The summed E-state index contributed by atoms with van der Waals surface area (Å²) in [5.41, 5.74) is 1.76. The van der Waals surface area contributed by atoms with Crippen molar-refractivity contribution in [3.05, 3.63) is 35.4 Å². The van der Waals surface area contributed by atoms with Gasteiger partial charge in [-0.05, 0) is 36.0 Å². The van der Waals surface area contributed by atoms with Crippen molar-refractivity contribution in [3.63, 3.8) is 0 Å². The highest BCUT2D eigenvalue weighted by atomic mass is 127. The van der Waals surface area contributed by atoms with Gasteiger partial charge in [0.25, 0.3) is 5.91 Å². The highest BCUT2D eigenvalue weighted by molar-refractivity contribution is 14.0. The SMILES string of the molecule is CN=C(NCc1cccc(C(=O)NC)c1)N1CC(C)CC(C)C1.I. The summed E-state index contributed by atoms with van der Waals surface area (Å²) in [7, 11) is 3.47. The van der Waals surface area contributed by atoms with Crippen LogP contribution in [0.5, 0.6) is 0 Å². The first kappa shape index (κ1) is 20.7. The normalized spacial score (nSPS) is 21.0.